The third kappa shape index (κ3) is 3.95. The normalized spacial score (nSPS) is 20.9. The number of aryl methyl sites for hydroxylation is 1. The number of hydrogen-bond donors (Lipinski definition) is 2. The molecule has 0 bridgehead atoms. The van der Waals surface area contributed by atoms with Crippen LogP contribution in [0.25, 0.3) is 0 Å². The quantitative estimate of drug-likeness (QED) is 0.902. The molecule has 23 heavy (non-hydrogen) atoms. The van der Waals surface area contributed by atoms with Gasteiger partial charge < -0.3 is 5.32 Å². The Morgan fingerprint density at radius 2 is 2.09 bits per heavy atom. The van der Waals surface area contributed by atoms with E-state index in [1.165, 1.54) is 11.3 Å². The van der Waals surface area contributed by atoms with Gasteiger partial charge in [-0.05, 0) is 38.7 Å². The van der Waals surface area contributed by atoms with Crippen LogP contribution in [0.3, 0.4) is 0 Å². The van der Waals surface area contributed by atoms with Crippen LogP contribution in [0.2, 0.25) is 0 Å². The third-order valence-corrected chi connectivity index (χ3v) is 4.68. The van der Waals surface area contributed by atoms with Crippen LogP contribution in [0.15, 0.2) is 28.5 Å². The predicted octanol–water partition coefficient (Wildman–Crippen LogP) is 2.31. The number of thiazole rings is 1. The van der Waals surface area contributed by atoms with E-state index in [-0.39, 0.29) is 23.7 Å². The summed E-state index contributed by atoms with van der Waals surface area (Å²) in [5.41, 5.74) is 0.779. The van der Waals surface area contributed by atoms with Crippen LogP contribution in [-0.4, -0.2) is 26.8 Å². The van der Waals surface area contributed by atoms with E-state index in [0.29, 0.717) is 5.13 Å². The summed E-state index contributed by atoms with van der Waals surface area (Å²) in [6.07, 6.45) is 4.98. The number of hydrogen-bond acceptors (Lipinski definition) is 5. The summed E-state index contributed by atoms with van der Waals surface area (Å²) in [5, 5.41) is 12.4. The molecule has 0 spiro atoms. The maximum atomic E-state index is 11.9. The Morgan fingerprint density at radius 3 is 2.78 bits per heavy atom. The highest BCUT2D eigenvalue weighted by Crippen LogP contribution is 2.27. The Hall–Kier alpha value is -2.22. The van der Waals surface area contributed by atoms with Crippen molar-refractivity contribution in [3.8, 4) is 0 Å². The van der Waals surface area contributed by atoms with Crippen LogP contribution in [0, 0.1) is 6.92 Å². The molecule has 8 heteroatoms. The minimum Gasteiger partial charge on any atom is -0.335 e. The smallest absolute Gasteiger partial charge is 0.321 e. The largest absolute Gasteiger partial charge is 0.335 e. The van der Waals surface area contributed by atoms with E-state index in [9.17, 15) is 9.59 Å². The number of anilines is 1. The maximum absolute atomic E-state index is 11.9. The standard InChI is InChI=1S/C15H19N5O2S/c1-10-2-7-13(21)20(19-10)12-5-3-11(4-6-12)17-14(22)18-15-16-8-9-23-15/h2,7-9,11-12H,3-6H2,1H3,(H2,16,17,18,22). The molecule has 2 amide bonds. The second-order valence-corrected chi connectivity index (χ2v) is 6.59. The van der Waals surface area contributed by atoms with Crippen LogP contribution >= 0.6 is 11.3 Å². The average Bonchev–Trinajstić information content (AvgIpc) is 3.03. The minimum absolute atomic E-state index is 0.0616. The number of aromatic nitrogens is 3. The van der Waals surface area contributed by atoms with Crippen LogP contribution in [0.5, 0.6) is 0 Å². The second kappa shape index (κ2) is 6.91. The second-order valence-electron chi connectivity index (χ2n) is 5.70. The lowest BCUT2D eigenvalue weighted by molar-refractivity contribution is 0.234. The molecule has 1 aliphatic carbocycles. The van der Waals surface area contributed by atoms with Crippen molar-refractivity contribution in [1.29, 1.82) is 0 Å². The molecular formula is C15H19N5O2S. The van der Waals surface area contributed by atoms with Gasteiger partial charge in [0.1, 0.15) is 0 Å². The molecule has 1 aliphatic rings. The zero-order valence-electron chi connectivity index (χ0n) is 12.9. The van der Waals surface area contributed by atoms with Gasteiger partial charge in [0.15, 0.2) is 5.13 Å². The molecule has 2 aromatic heterocycles. The van der Waals surface area contributed by atoms with Crippen molar-refractivity contribution >= 4 is 22.5 Å². The highest BCUT2D eigenvalue weighted by molar-refractivity contribution is 7.13. The van der Waals surface area contributed by atoms with Gasteiger partial charge in [0.2, 0.25) is 0 Å². The summed E-state index contributed by atoms with van der Waals surface area (Å²) in [6, 6.07) is 3.30. The lowest BCUT2D eigenvalue weighted by atomic mass is 9.91. The van der Waals surface area contributed by atoms with Crippen molar-refractivity contribution < 1.29 is 4.79 Å². The summed E-state index contributed by atoms with van der Waals surface area (Å²) in [5.74, 6) is 0. The molecule has 3 rings (SSSR count). The van der Waals surface area contributed by atoms with E-state index < -0.39 is 0 Å². The van der Waals surface area contributed by atoms with Gasteiger partial charge in [-0.3, -0.25) is 10.1 Å². The Bertz CT molecular complexity index is 720. The number of rotatable bonds is 3. The predicted molar refractivity (Wildman–Crippen MR) is 88.8 cm³/mol. The molecule has 122 valence electrons. The number of urea groups is 1. The lowest BCUT2D eigenvalue weighted by Gasteiger charge is -2.29. The van der Waals surface area contributed by atoms with Crippen LogP contribution in [-0.2, 0) is 0 Å². The topological polar surface area (TPSA) is 88.9 Å². The fourth-order valence-corrected chi connectivity index (χ4v) is 3.37. The Balaban J connectivity index is 1.53. The van der Waals surface area contributed by atoms with Crippen LogP contribution in [0.4, 0.5) is 9.93 Å². The minimum atomic E-state index is -0.228. The highest BCUT2D eigenvalue weighted by Gasteiger charge is 2.24. The van der Waals surface area contributed by atoms with E-state index in [1.807, 2.05) is 12.3 Å². The van der Waals surface area contributed by atoms with Gasteiger partial charge in [-0.15, -0.1) is 11.3 Å². The molecule has 2 N–H and O–H groups in total. The van der Waals surface area contributed by atoms with Gasteiger partial charge in [0.25, 0.3) is 5.56 Å². The molecule has 0 atom stereocenters. The molecule has 1 saturated carbocycles. The van der Waals surface area contributed by atoms with Crippen molar-refractivity contribution in [3.05, 3.63) is 39.8 Å². The van der Waals surface area contributed by atoms with Crippen LogP contribution in [0.1, 0.15) is 37.4 Å². The van der Waals surface area contributed by atoms with E-state index >= 15 is 0 Å². The number of amides is 2. The lowest BCUT2D eigenvalue weighted by Crippen LogP contribution is -2.41. The molecule has 2 heterocycles. The summed E-state index contributed by atoms with van der Waals surface area (Å²) in [6.45, 7) is 1.88. The van der Waals surface area contributed by atoms with Crippen molar-refractivity contribution in [1.82, 2.24) is 20.1 Å². The first kappa shape index (κ1) is 15.7. The molecule has 0 aromatic carbocycles. The van der Waals surface area contributed by atoms with Gasteiger partial charge in [-0.1, -0.05) is 0 Å². The molecule has 2 aromatic rings. The summed E-state index contributed by atoms with van der Waals surface area (Å²) >= 11 is 1.38. The average molecular weight is 333 g/mol. The van der Waals surface area contributed by atoms with Gasteiger partial charge in [-0.2, -0.15) is 5.10 Å². The Morgan fingerprint density at radius 1 is 1.30 bits per heavy atom. The molecule has 0 unspecified atom stereocenters. The van der Waals surface area contributed by atoms with Crippen LogP contribution < -0.4 is 16.2 Å². The molecule has 0 aliphatic heterocycles. The number of carbonyl (C=O) groups is 1. The zero-order chi connectivity index (χ0) is 16.2. The molecule has 7 nitrogen and oxygen atoms in total. The first-order chi connectivity index (χ1) is 11.1. The van der Waals surface area contributed by atoms with Gasteiger partial charge >= 0.3 is 6.03 Å². The van der Waals surface area contributed by atoms with Crippen molar-refractivity contribution in [2.75, 3.05) is 5.32 Å². The third-order valence-electron chi connectivity index (χ3n) is 3.99. The Kier molecular flexibility index (Phi) is 4.71. The first-order valence-corrected chi connectivity index (χ1v) is 8.53. The van der Waals surface area contributed by atoms with E-state index in [1.54, 1.807) is 23.0 Å². The number of carbonyl (C=O) groups excluding carboxylic acids is 1. The van der Waals surface area contributed by atoms with Gasteiger partial charge in [-0.25, -0.2) is 14.5 Å². The first-order valence-electron chi connectivity index (χ1n) is 7.65. The number of nitrogens with zero attached hydrogens (tertiary/aromatic N) is 3. The molecular weight excluding hydrogens is 314 g/mol. The molecule has 0 saturated heterocycles. The van der Waals surface area contributed by atoms with E-state index in [0.717, 1.165) is 31.4 Å². The van der Waals surface area contributed by atoms with Crippen molar-refractivity contribution in [2.45, 2.75) is 44.7 Å². The SMILES string of the molecule is Cc1ccc(=O)n(C2CCC(NC(=O)Nc3nccs3)CC2)n1. The summed E-state index contributed by atoms with van der Waals surface area (Å²) in [7, 11) is 0. The van der Waals surface area contributed by atoms with Gasteiger partial charge in [0.05, 0.1) is 11.7 Å². The fraction of sp³-hybridized carbons (Fsp3) is 0.467. The highest BCUT2D eigenvalue weighted by atomic mass is 32.1. The van der Waals surface area contributed by atoms with Crippen molar-refractivity contribution in [2.24, 2.45) is 0 Å². The maximum Gasteiger partial charge on any atom is 0.321 e. The van der Waals surface area contributed by atoms with Crippen molar-refractivity contribution in [3.63, 3.8) is 0 Å². The number of nitrogens with one attached hydrogen (secondary N) is 2. The fourth-order valence-electron chi connectivity index (χ4n) is 2.85. The zero-order valence-corrected chi connectivity index (χ0v) is 13.7. The summed E-state index contributed by atoms with van der Waals surface area (Å²) < 4.78 is 1.58. The summed E-state index contributed by atoms with van der Waals surface area (Å²) in [4.78, 5) is 27.8. The molecule has 0 radical (unpaired) electrons. The van der Waals surface area contributed by atoms with E-state index in [2.05, 4.69) is 20.7 Å². The van der Waals surface area contributed by atoms with Gasteiger partial charge in [0, 0.05) is 23.7 Å². The molecule has 1 fully saturated rings. The Labute approximate surface area is 137 Å². The monoisotopic (exact) mass is 333 g/mol. The van der Waals surface area contributed by atoms with E-state index in [4.69, 9.17) is 0 Å².